The van der Waals surface area contributed by atoms with Crippen LogP contribution in [0.3, 0.4) is 0 Å². The quantitative estimate of drug-likeness (QED) is 0.612. The maximum absolute atomic E-state index is 11.8. The summed E-state index contributed by atoms with van der Waals surface area (Å²) in [5, 5.41) is 2.91. The first-order chi connectivity index (χ1) is 9.32. The highest BCUT2D eigenvalue weighted by Crippen LogP contribution is 2.11. The van der Waals surface area contributed by atoms with Gasteiger partial charge >= 0.3 is 5.69 Å². The molecule has 1 rings (SSSR count). The van der Waals surface area contributed by atoms with Crippen LogP contribution in [0.1, 0.15) is 20.3 Å². The zero-order chi connectivity index (χ0) is 15.3. The molecule has 0 aliphatic heterocycles. The van der Waals surface area contributed by atoms with Crippen LogP contribution in [0, 0.1) is 5.92 Å². The Kier molecular flexibility index (Phi) is 6.00. The number of anilines is 2. The Balaban J connectivity index is 2.93. The van der Waals surface area contributed by atoms with Crippen LogP contribution >= 0.6 is 0 Å². The van der Waals surface area contributed by atoms with E-state index in [2.05, 4.69) is 10.3 Å². The van der Waals surface area contributed by atoms with Crippen molar-refractivity contribution < 1.29 is 4.21 Å². The summed E-state index contributed by atoms with van der Waals surface area (Å²) in [7, 11) is -0.862. The number of aromatic amines is 1. The van der Waals surface area contributed by atoms with Gasteiger partial charge < -0.3 is 11.1 Å². The van der Waals surface area contributed by atoms with E-state index in [-0.39, 0.29) is 17.4 Å². The standard InChI is InChI=1S/C12H22N4O3S/c1-8(2)7-16-10(13)9(11(17)15-12(16)18)14-5-4-6-20(3)19/h8,14H,4-7,13H2,1-3H3,(H,15,17,18). The maximum atomic E-state index is 11.8. The predicted octanol–water partition coefficient (Wildman–Crippen LogP) is -0.0447. The van der Waals surface area contributed by atoms with Gasteiger partial charge in [-0.15, -0.1) is 0 Å². The summed E-state index contributed by atoms with van der Waals surface area (Å²) in [5.74, 6) is 0.928. The van der Waals surface area contributed by atoms with Crippen LogP contribution in [0.15, 0.2) is 9.59 Å². The highest BCUT2D eigenvalue weighted by Gasteiger charge is 2.12. The third kappa shape index (κ3) is 4.52. The monoisotopic (exact) mass is 302 g/mol. The number of H-pyrrole nitrogens is 1. The van der Waals surface area contributed by atoms with Gasteiger partial charge in [0.2, 0.25) is 0 Å². The number of aromatic nitrogens is 2. The first kappa shape index (κ1) is 16.5. The van der Waals surface area contributed by atoms with Gasteiger partial charge in [-0.1, -0.05) is 13.8 Å². The second kappa shape index (κ2) is 7.28. The molecule has 0 saturated heterocycles. The molecule has 1 aromatic heterocycles. The van der Waals surface area contributed by atoms with E-state index < -0.39 is 22.0 Å². The number of hydrogen-bond acceptors (Lipinski definition) is 5. The van der Waals surface area contributed by atoms with Crippen LogP contribution < -0.4 is 22.3 Å². The first-order valence-electron chi connectivity index (χ1n) is 6.49. The number of hydrogen-bond donors (Lipinski definition) is 3. The van der Waals surface area contributed by atoms with E-state index in [4.69, 9.17) is 5.73 Å². The van der Waals surface area contributed by atoms with Gasteiger partial charge in [-0.3, -0.25) is 18.6 Å². The number of nitrogen functional groups attached to an aromatic ring is 1. The Labute approximate surface area is 120 Å². The van der Waals surface area contributed by atoms with Gasteiger partial charge in [-0.05, 0) is 12.3 Å². The average Bonchev–Trinajstić information content (AvgIpc) is 2.32. The van der Waals surface area contributed by atoms with Crippen LogP contribution in [0.5, 0.6) is 0 Å². The van der Waals surface area contributed by atoms with E-state index in [1.165, 1.54) is 4.57 Å². The molecule has 1 heterocycles. The van der Waals surface area contributed by atoms with Crippen molar-refractivity contribution >= 4 is 22.3 Å². The smallest absolute Gasteiger partial charge is 0.330 e. The average molecular weight is 302 g/mol. The SMILES string of the molecule is CC(C)Cn1c(N)c(NCCCS(C)=O)c(=O)[nH]c1=O. The third-order valence-electron chi connectivity index (χ3n) is 2.70. The van der Waals surface area contributed by atoms with E-state index in [1.807, 2.05) is 13.8 Å². The van der Waals surface area contributed by atoms with Crippen LogP contribution in [0.2, 0.25) is 0 Å². The van der Waals surface area contributed by atoms with Crippen LogP contribution in [0.25, 0.3) is 0 Å². The van der Waals surface area contributed by atoms with E-state index in [1.54, 1.807) is 6.26 Å². The van der Waals surface area contributed by atoms with Gasteiger partial charge in [-0.25, -0.2) is 4.79 Å². The lowest BCUT2D eigenvalue weighted by Gasteiger charge is -2.15. The summed E-state index contributed by atoms with van der Waals surface area (Å²) < 4.78 is 12.3. The van der Waals surface area contributed by atoms with Crippen molar-refractivity contribution in [2.24, 2.45) is 5.92 Å². The van der Waals surface area contributed by atoms with Crippen LogP contribution in [-0.4, -0.2) is 32.3 Å². The minimum atomic E-state index is -0.862. The molecule has 0 amide bonds. The molecule has 0 aliphatic rings. The highest BCUT2D eigenvalue weighted by atomic mass is 32.2. The summed E-state index contributed by atoms with van der Waals surface area (Å²) in [6, 6.07) is 0. The van der Waals surface area contributed by atoms with Gasteiger partial charge in [0.25, 0.3) is 5.56 Å². The summed E-state index contributed by atoms with van der Waals surface area (Å²) in [4.78, 5) is 25.7. The topological polar surface area (TPSA) is 110 Å². The lowest BCUT2D eigenvalue weighted by atomic mass is 10.2. The van der Waals surface area contributed by atoms with Crippen LogP contribution in [-0.2, 0) is 17.3 Å². The zero-order valence-electron chi connectivity index (χ0n) is 12.1. The molecule has 4 N–H and O–H groups in total. The molecule has 20 heavy (non-hydrogen) atoms. The second-order valence-corrected chi connectivity index (χ2v) is 6.64. The number of nitrogens with one attached hydrogen (secondary N) is 2. The summed E-state index contributed by atoms with van der Waals surface area (Å²) in [6.07, 6.45) is 2.29. The molecule has 8 heteroatoms. The van der Waals surface area contributed by atoms with Crippen molar-refractivity contribution in [3.05, 3.63) is 20.8 Å². The van der Waals surface area contributed by atoms with Crippen molar-refractivity contribution in [3.8, 4) is 0 Å². The predicted molar refractivity (Wildman–Crippen MR) is 82.6 cm³/mol. The van der Waals surface area contributed by atoms with E-state index in [0.29, 0.717) is 25.3 Å². The van der Waals surface area contributed by atoms with Crippen molar-refractivity contribution in [2.45, 2.75) is 26.8 Å². The molecule has 0 fully saturated rings. The molecular formula is C12H22N4O3S. The fraction of sp³-hybridized carbons (Fsp3) is 0.667. The summed E-state index contributed by atoms with van der Waals surface area (Å²) in [5.41, 5.74) is 5.08. The van der Waals surface area contributed by atoms with Crippen molar-refractivity contribution in [3.63, 3.8) is 0 Å². The second-order valence-electron chi connectivity index (χ2n) is 5.08. The Hall–Kier alpha value is -1.57. The first-order valence-corrected chi connectivity index (χ1v) is 8.22. The van der Waals surface area contributed by atoms with Gasteiger partial charge in [0.05, 0.1) is 0 Å². The fourth-order valence-electron chi connectivity index (χ4n) is 1.79. The fourth-order valence-corrected chi connectivity index (χ4v) is 2.34. The molecule has 0 saturated carbocycles. The minimum absolute atomic E-state index is 0.144. The molecule has 7 nitrogen and oxygen atoms in total. The number of nitrogens with zero attached hydrogens (tertiary/aromatic N) is 1. The summed E-state index contributed by atoms with van der Waals surface area (Å²) in [6.45, 7) is 4.84. The van der Waals surface area contributed by atoms with Gasteiger partial charge in [-0.2, -0.15) is 0 Å². The molecule has 0 bridgehead atoms. The molecule has 1 atom stereocenters. The van der Waals surface area contributed by atoms with E-state index in [0.717, 1.165) is 0 Å². The van der Waals surface area contributed by atoms with Crippen LogP contribution in [0.4, 0.5) is 11.5 Å². The third-order valence-corrected chi connectivity index (χ3v) is 3.56. The van der Waals surface area contributed by atoms with E-state index in [9.17, 15) is 13.8 Å². The molecule has 0 spiro atoms. The lowest BCUT2D eigenvalue weighted by Crippen LogP contribution is -2.35. The normalized spacial score (nSPS) is 12.6. The Bertz CT molecular complexity index is 591. The maximum Gasteiger partial charge on any atom is 0.330 e. The molecular weight excluding hydrogens is 280 g/mol. The largest absolute Gasteiger partial charge is 0.383 e. The van der Waals surface area contributed by atoms with Gasteiger partial charge in [0, 0.05) is 35.9 Å². The van der Waals surface area contributed by atoms with Gasteiger partial charge in [0.1, 0.15) is 11.5 Å². The van der Waals surface area contributed by atoms with Gasteiger partial charge in [0.15, 0.2) is 0 Å². The van der Waals surface area contributed by atoms with Crippen molar-refractivity contribution in [2.75, 3.05) is 29.6 Å². The zero-order valence-corrected chi connectivity index (χ0v) is 12.9. The Morgan fingerprint density at radius 1 is 1.40 bits per heavy atom. The lowest BCUT2D eigenvalue weighted by molar-refractivity contribution is 0.508. The van der Waals surface area contributed by atoms with Crippen molar-refractivity contribution in [1.82, 2.24) is 9.55 Å². The Morgan fingerprint density at radius 2 is 2.05 bits per heavy atom. The van der Waals surface area contributed by atoms with Crippen molar-refractivity contribution in [1.29, 1.82) is 0 Å². The minimum Gasteiger partial charge on any atom is -0.383 e. The summed E-state index contributed by atoms with van der Waals surface area (Å²) >= 11 is 0. The number of rotatable bonds is 7. The van der Waals surface area contributed by atoms with E-state index >= 15 is 0 Å². The molecule has 1 aromatic rings. The molecule has 1 unspecified atom stereocenters. The molecule has 114 valence electrons. The molecule has 0 radical (unpaired) electrons. The molecule has 0 aromatic carbocycles. The Morgan fingerprint density at radius 3 is 2.60 bits per heavy atom. The molecule has 0 aliphatic carbocycles. The highest BCUT2D eigenvalue weighted by molar-refractivity contribution is 7.84. The number of nitrogens with two attached hydrogens (primary N) is 1.